The van der Waals surface area contributed by atoms with Gasteiger partial charge in [-0.05, 0) is 24.6 Å². The molecular weight excluding hydrogens is 232 g/mol. The molecule has 2 aromatic rings. The van der Waals surface area contributed by atoms with Gasteiger partial charge in [-0.15, -0.1) is 0 Å². The molecule has 0 aliphatic carbocycles. The first-order chi connectivity index (χ1) is 8.18. The fraction of sp³-hybridized carbons (Fsp3) is 0.0714. The van der Waals surface area contributed by atoms with Gasteiger partial charge in [0.1, 0.15) is 0 Å². The number of hydrogen-bond acceptors (Lipinski definition) is 3. The number of carbonyl (C=O) groups is 1. The molecule has 0 N–H and O–H groups in total. The van der Waals surface area contributed by atoms with E-state index in [1.165, 1.54) is 11.8 Å². The van der Waals surface area contributed by atoms with E-state index in [1.807, 2.05) is 37.3 Å². The van der Waals surface area contributed by atoms with Gasteiger partial charge in [0, 0.05) is 15.4 Å². The third-order valence-electron chi connectivity index (χ3n) is 2.42. The maximum absolute atomic E-state index is 11.0. The van der Waals surface area contributed by atoms with Gasteiger partial charge in [-0.1, -0.05) is 48.2 Å². The average molecular weight is 243 g/mol. The van der Waals surface area contributed by atoms with Crippen molar-refractivity contribution in [3.8, 4) is 0 Å². The molecule has 0 heterocycles. The van der Waals surface area contributed by atoms with Crippen LogP contribution in [0, 0.1) is 6.92 Å². The Hall–Kier alpha value is -1.74. The lowest BCUT2D eigenvalue weighted by Crippen LogP contribution is -2.22. The monoisotopic (exact) mass is 243 g/mol. The van der Waals surface area contributed by atoms with E-state index in [0.717, 1.165) is 10.5 Å². The molecule has 0 atom stereocenters. The number of rotatable bonds is 3. The minimum atomic E-state index is -1.14. The Morgan fingerprint density at radius 2 is 1.59 bits per heavy atom. The second-order valence-corrected chi connectivity index (χ2v) is 4.73. The van der Waals surface area contributed by atoms with E-state index in [2.05, 4.69) is 0 Å². The van der Waals surface area contributed by atoms with Gasteiger partial charge in [0.05, 0.1) is 5.97 Å². The highest BCUT2D eigenvalue weighted by Gasteiger charge is 2.05. The van der Waals surface area contributed by atoms with Crippen LogP contribution in [0.15, 0.2) is 58.3 Å². The standard InChI is InChI=1S/C14H12O2S/c1-10-6-2-4-8-12(10)17-13-9-5-3-7-11(13)14(15)16/h2-9H,1H3,(H,15,16)/p-1. The fourth-order valence-corrected chi connectivity index (χ4v) is 2.53. The summed E-state index contributed by atoms with van der Waals surface area (Å²) in [6, 6.07) is 14.8. The predicted molar refractivity (Wildman–Crippen MR) is 66.1 cm³/mol. The summed E-state index contributed by atoms with van der Waals surface area (Å²) in [7, 11) is 0. The van der Waals surface area contributed by atoms with E-state index < -0.39 is 5.97 Å². The Kier molecular flexibility index (Phi) is 3.49. The number of aryl methyl sites for hydroxylation is 1. The van der Waals surface area contributed by atoms with Gasteiger partial charge in [0.25, 0.3) is 0 Å². The molecule has 3 heteroatoms. The van der Waals surface area contributed by atoms with Crippen molar-refractivity contribution in [2.75, 3.05) is 0 Å². The van der Waals surface area contributed by atoms with Crippen LogP contribution in [0.5, 0.6) is 0 Å². The quantitative estimate of drug-likeness (QED) is 0.831. The molecule has 0 aromatic heterocycles. The molecule has 0 aliphatic rings. The van der Waals surface area contributed by atoms with Gasteiger partial charge >= 0.3 is 0 Å². The number of hydrogen-bond donors (Lipinski definition) is 0. The van der Waals surface area contributed by atoms with Gasteiger partial charge < -0.3 is 9.90 Å². The molecule has 0 radical (unpaired) electrons. The summed E-state index contributed by atoms with van der Waals surface area (Å²) in [6.07, 6.45) is 0. The summed E-state index contributed by atoms with van der Waals surface area (Å²) in [5, 5.41) is 11.0. The van der Waals surface area contributed by atoms with Crippen molar-refractivity contribution in [3.05, 3.63) is 59.7 Å². The predicted octanol–water partition coefficient (Wildman–Crippen LogP) is 2.51. The minimum Gasteiger partial charge on any atom is -0.545 e. The summed E-state index contributed by atoms with van der Waals surface area (Å²) in [4.78, 5) is 12.7. The topological polar surface area (TPSA) is 40.1 Å². The van der Waals surface area contributed by atoms with Crippen LogP contribution >= 0.6 is 11.8 Å². The zero-order valence-electron chi connectivity index (χ0n) is 9.34. The first kappa shape index (κ1) is 11.7. The van der Waals surface area contributed by atoms with Crippen molar-refractivity contribution in [1.82, 2.24) is 0 Å². The lowest BCUT2D eigenvalue weighted by Gasteiger charge is -2.10. The second-order valence-electron chi connectivity index (χ2n) is 3.65. The second kappa shape index (κ2) is 5.06. The lowest BCUT2D eigenvalue weighted by atomic mass is 10.2. The first-order valence-electron chi connectivity index (χ1n) is 5.22. The van der Waals surface area contributed by atoms with E-state index in [0.29, 0.717) is 4.90 Å². The molecule has 0 unspecified atom stereocenters. The van der Waals surface area contributed by atoms with Gasteiger partial charge in [-0.25, -0.2) is 0 Å². The van der Waals surface area contributed by atoms with E-state index in [-0.39, 0.29) is 5.56 Å². The summed E-state index contributed by atoms with van der Waals surface area (Å²) in [5.41, 5.74) is 1.37. The maximum Gasteiger partial charge on any atom is 0.0726 e. The highest BCUT2D eigenvalue weighted by atomic mass is 32.2. The molecule has 17 heavy (non-hydrogen) atoms. The van der Waals surface area contributed by atoms with Crippen molar-refractivity contribution >= 4 is 17.7 Å². The van der Waals surface area contributed by atoms with E-state index in [1.54, 1.807) is 18.2 Å². The minimum absolute atomic E-state index is 0.237. The van der Waals surface area contributed by atoms with Crippen LogP contribution < -0.4 is 5.11 Å². The van der Waals surface area contributed by atoms with Crippen LogP contribution in [0.25, 0.3) is 0 Å². The number of benzene rings is 2. The third-order valence-corrected chi connectivity index (χ3v) is 3.67. The van der Waals surface area contributed by atoms with Crippen LogP contribution in [-0.4, -0.2) is 5.97 Å². The highest BCUT2D eigenvalue weighted by Crippen LogP contribution is 2.32. The van der Waals surface area contributed by atoms with Crippen LogP contribution in [0.3, 0.4) is 0 Å². The van der Waals surface area contributed by atoms with Crippen molar-refractivity contribution in [3.63, 3.8) is 0 Å². The normalized spacial score (nSPS) is 10.2. The SMILES string of the molecule is Cc1ccccc1Sc1ccccc1C(=O)[O-]. The molecule has 0 fully saturated rings. The molecule has 0 aliphatic heterocycles. The fourth-order valence-electron chi connectivity index (χ4n) is 1.51. The van der Waals surface area contributed by atoms with Gasteiger partial charge in [0.15, 0.2) is 0 Å². The van der Waals surface area contributed by atoms with Gasteiger partial charge in [0.2, 0.25) is 0 Å². The molecule has 0 amide bonds. The van der Waals surface area contributed by atoms with E-state index in [4.69, 9.17) is 0 Å². The lowest BCUT2D eigenvalue weighted by molar-refractivity contribution is -0.255. The Balaban J connectivity index is 2.37. The Labute approximate surface area is 104 Å². The Bertz CT molecular complexity index is 549. The van der Waals surface area contributed by atoms with Crippen molar-refractivity contribution in [1.29, 1.82) is 0 Å². The van der Waals surface area contributed by atoms with Crippen molar-refractivity contribution in [2.45, 2.75) is 16.7 Å². The van der Waals surface area contributed by atoms with Crippen LogP contribution in [-0.2, 0) is 0 Å². The molecule has 0 saturated carbocycles. The first-order valence-corrected chi connectivity index (χ1v) is 6.04. The largest absolute Gasteiger partial charge is 0.545 e. The summed E-state index contributed by atoms with van der Waals surface area (Å²) >= 11 is 1.45. The molecule has 2 rings (SSSR count). The smallest absolute Gasteiger partial charge is 0.0726 e. The summed E-state index contributed by atoms with van der Waals surface area (Å²) in [6.45, 7) is 2.00. The number of carboxylic acids is 1. The molecule has 86 valence electrons. The molecule has 2 nitrogen and oxygen atoms in total. The Morgan fingerprint density at radius 3 is 2.24 bits per heavy atom. The van der Waals surface area contributed by atoms with Crippen molar-refractivity contribution < 1.29 is 9.90 Å². The van der Waals surface area contributed by atoms with E-state index in [9.17, 15) is 9.90 Å². The molecule has 2 aromatic carbocycles. The van der Waals surface area contributed by atoms with Crippen molar-refractivity contribution in [2.24, 2.45) is 0 Å². The zero-order chi connectivity index (χ0) is 12.3. The molecular formula is C14H11O2S-. The molecule has 0 saturated heterocycles. The zero-order valence-corrected chi connectivity index (χ0v) is 10.2. The number of carboxylic acid groups (broad SMARTS) is 1. The Morgan fingerprint density at radius 1 is 1.00 bits per heavy atom. The molecule has 0 bridgehead atoms. The highest BCUT2D eigenvalue weighted by molar-refractivity contribution is 7.99. The molecule has 0 spiro atoms. The number of carbonyl (C=O) groups excluding carboxylic acids is 1. The van der Waals surface area contributed by atoms with Crippen LogP contribution in [0.2, 0.25) is 0 Å². The third kappa shape index (κ3) is 2.68. The van der Waals surface area contributed by atoms with Gasteiger partial charge in [-0.2, -0.15) is 0 Å². The number of aromatic carboxylic acids is 1. The maximum atomic E-state index is 11.0. The van der Waals surface area contributed by atoms with Crippen LogP contribution in [0.1, 0.15) is 15.9 Å². The van der Waals surface area contributed by atoms with E-state index >= 15 is 0 Å². The van der Waals surface area contributed by atoms with Crippen LogP contribution in [0.4, 0.5) is 0 Å². The average Bonchev–Trinajstić information content (AvgIpc) is 2.32. The summed E-state index contributed by atoms with van der Waals surface area (Å²) < 4.78 is 0. The van der Waals surface area contributed by atoms with Gasteiger partial charge in [-0.3, -0.25) is 0 Å². The summed E-state index contributed by atoms with van der Waals surface area (Å²) in [5.74, 6) is -1.14.